The number of aromatic nitrogens is 2. The molecule has 1 aliphatic heterocycles. The highest BCUT2D eigenvalue weighted by Gasteiger charge is 2.20. The Bertz CT molecular complexity index is 544. The average Bonchev–Trinajstić information content (AvgIpc) is 2.93. The van der Waals surface area contributed by atoms with Gasteiger partial charge in [-0.25, -0.2) is 0 Å². The third-order valence-corrected chi connectivity index (χ3v) is 4.32. The molecule has 0 aliphatic carbocycles. The predicted octanol–water partition coefficient (Wildman–Crippen LogP) is 3.22. The van der Waals surface area contributed by atoms with Gasteiger partial charge in [-0.1, -0.05) is 30.3 Å². The Labute approximate surface area is 126 Å². The highest BCUT2D eigenvalue weighted by molar-refractivity contribution is 5.14. The first-order valence-electron chi connectivity index (χ1n) is 7.85. The Balaban J connectivity index is 1.40. The Hall–Kier alpha value is -1.68. The van der Waals surface area contributed by atoms with Crippen molar-refractivity contribution in [3.63, 3.8) is 0 Å². The normalized spacial score (nSPS) is 17.2. The Morgan fingerprint density at radius 3 is 2.57 bits per heavy atom. The van der Waals surface area contributed by atoms with Crippen LogP contribution in [-0.2, 0) is 13.0 Å². The monoisotopic (exact) mass is 285 g/mol. The summed E-state index contributed by atoms with van der Waals surface area (Å²) in [7, 11) is 0. The molecule has 1 fully saturated rings. The quantitative estimate of drug-likeness (QED) is 0.846. The van der Waals surface area contributed by atoms with E-state index in [4.69, 9.17) is 4.42 Å². The smallest absolute Gasteiger partial charge is 0.230 e. The second kappa shape index (κ2) is 6.85. The second-order valence-corrected chi connectivity index (χ2v) is 5.96. The lowest BCUT2D eigenvalue weighted by Gasteiger charge is -2.31. The van der Waals surface area contributed by atoms with Crippen molar-refractivity contribution in [2.75, 3.05) is 13.1 Å². The van der Waals surface area contributed by atoms with E-state index >= 15 is 0 Å². The zero-order valence-electron chi connectivity index (χ0n) is 12.7. The lowest BCUT2D eigenvalue weighted by Crippen LogP contribution is -2.33. The van der Waals surface area contributed by atoms with Crippen LogP contribution in [0.5, 0.6) is 0 Å². The largest absolute Gasteiger partial charge is 0.424 e. The van der Waals surface area contributed by atoms with Crippen molar-refractivity contribution < 1.29 is 4.42 Å². The average molecular weight is 285 g/mol. The predicted molar refractivity (Wildman–Crippen MR) is 81.8 cm³/mol. The summed E-state index contributed by atoms with van der Waals surface area (Å²) < 4.78 is 5.45. The minimum Gasteiger partial charge on any atom is -0.424 e. The first-order chi connectivity index (χ1) is 10.3. The molecule has 0 saturated carbocycles. The lowest BCUT2D eigenvalue weighted by molar-refractivity contribution is 0.159. The van der Waals surface area contributed by atoms with Crippen molar-refractivity contribution in [3.8, 4) is 0 Å². The van der Waals surface area contributed by atoms with Crippen LogP contribution in [0.3, 0.4) is 0 Å². The summed E-state index contributed by atoms with van der Waals surface area (Å²) in [4.78, 5) is 2.42. The maximum Gasteiger partial charge on any atom is 0.230 e. The number of nitrogens with zero attached hydrogens (tertiary/aromatic N) is 3. The summed E-state index contributed by atoms with van der Waals surface area (Å²) in [6.07, 6.45) is 5.06. The molecule has 2 heterocycles. The minimum absolute atomic E-state index is 0.655. The van der Waals surface area contributed by atoms with E-state index in [2.05, 4.69) is 45.4 Å². The fourth-order valence-electron chi connectivity index (χ4n) is 3.04. The van der Waals surface area contributed by atoms with Crippen molar-refractivity contribution in [2.45, 2.75) is 39.2 Å². The van der Waals surface area contributed by atoms with Gasteiger partial charge in [0.1, 0.15) is 0 Å². The van der Waals surface area contributed by atoms with Crippen LogP contribution in [0.4, 0.5) is 0 Å². The van der Waals surface area contributed by atoms with Gasteiger partial charge in [0.2, 0.25) is 11.8 Å². The van der Waals surface area contributed by atoms with Crippen LogP contribution < -0.4 is 0 Å². The molecule has 0 N–H and O–H groups in total. The number of hydrogen-bond acceptors (Lipinski definition) is 4. The fourth-order valence-corrected chi connectivity index (χ4v) is 3.04. The molecule has 0 atom stereocenters. The van der Waals surface area contributed by atoms with E-state index in [1.165, 1.54) is 31.2 Å². The van der Waals surface area contributed by atoms with E-state index in [0.29, 0.717) is 5.89 Å². The highest BCUT2D eigenvalue weighted by Crippen LogP contribution is 2.23. The van der Waals surface area contributed by atoms with Crippen molar-refractivity contribution in [2.24, 2.45) is 5.92 Å². The summed E-state index contributed by atoms with van der Waals surface area (Å²) in [5, 5.41) is 7.96. The molecule has 1 saturated heterocycles. The summed E-state index contributed by atoms with van der Waals surface area (Å²) in [5.41, 5.74) is 1.46. The maximum absolute atomic E-state index is 5.45. The molecule has 1 aromatic heterocycles. The minimum atomic E-state index is 0.655. The van der Waals surface area contributed by atoms with E-state index in [-0.39, 0.29) is 0 Å². The standard InChI is InChI=1S/C17H23N3O/c1-14-18-19-17(21-14)13-20-11-9-16(10-12-20)8-7-15-5-3-2-4-6-15/h2-6,16H,7-13H2,1H3. The molecular weight excluding hydrogens is 262 g/mol. The summed E-state index contributed by atoms with van der Waals surface area (Å²) in [6, 6.07) is 10.8. The SMILES string of the molecule is Cc1nnc(CN2CCC(CCc3ccccc3)CC2)o1. The van der Waals surface area contributed by atoms with Crippen LogP contribution in [0.1, 0.15) is 36.6 Å². The topological polar surface area (TPSA) is 42.2 Å². The van der Waals surface area contributed by atoms with E-state index in [1.807, 2.05) is 6.92 Å². The fraction of sp³-hybridized carbons (Fsp3) is 0.529. The molecule has 4 heteroatoms. The molecule has 1 aromatic carbocycles. The van der Waals surface area contributed by atoms with Gasteiger partial charge in [0.05, 0.1) is 6.54 Å². The number of hydrogen-bond donors (Lipinski definition) is 0. The van der Waals surface area contributed by atoms with Crippen molar-refractivity contribution in [1.82, 2.24) is 15.1 Å². The van der Waals surface area contributed by atoms with Crippen LogP contribution in [0.25, 0.3) is 0 Å². The maximum atomic E-state index is 5.45. The molecule has 2 aromatic rings. The van der Waals surface area contributed by atoms with E-state index in [9.17, 15) is 0 Å². The van der Waals surface area contributed by atoms with Crippen LogP contribution in [0, 0.1) is 12.8 Å². The molecule has 0 unspecified atom stereocenters. The summed E-state index contributed by atoms with van der Waals surface area (Å²) >= 11 is 0. The third kappa shape index (κ3) is 4.14. The first kappa shape index (κ1) is 14.3. The molecular formula is C17H23N3O. The van der Waals surface area contributed by atoms with Gasteiger partial charge in [-0.15, -0.1) is 10.2 Å². The molecule has 0 bridgehead atoms. The highest BCUT2D eigenvalue weighted by atomic mass is 16.4. The molecule has 3 rings (SSSR count). The lowest BCUT2D eigenvalue weighted by atomic mass is 9.90. The summed E-state index contributed by atoms with van der Waals surface area (Å²) in [6.45, 7) is 4.92. The molecule has 1 aliphatic rings. The van der Waals surface area contributed by atoms with Gasteiger partial charge in [0, 0.05) is 6.92 Å². The molecule has 4 nitrogen and oxygen atoms in total. The third-order valence-electron chi connectivity index (χ3n) is 4.32. The van der Waals surface area contributed by atoms with Crippen LogP contribution >= 0.6 is 0 Å². The Morgan fingerprint density at radius 1 is 1.14 bits per heavy atom. The molecule has 112 valence electrons. The van der Waals surface area contributed by atoms with Crippen LogP contribution in [-0.4, -0.2) is 28.2 Å². The van der Waals surface area contributed by atoms with Gasteiger partial charge in [-0.3, -0.25) is 4.90 Å². The van der Waals surface area contributed by atoms with Gasteiger partial charge in [0.15, 0.2) is 0 Å². The number of piperidine rings is 1. The number of benzene rings is 1. The van der Waals surface area contributed by atoms with Gasteiger partial charge in [0.25, 0.3) is 0 Å². The van der Waals surface area contributed by atoms with Crippen molar-refractivity contribution in [1.29, 1.82) is 0 Å². The van der Waals surface area contributed by atoms with Gasteiger partial charge in [-0.05, 0) is 50.3 Å². The Morgan fingerprint density at radius 2 is 1.90 bits per heavy atom. The van der Waals surface area contributed by atoms with Gasteiger partial charge in [-0.2, -0.15) is 0 Å². The van der Waals surface area contributed by atoms with Crippen molar-refractivity contribution in [3.05, 3.63) is 47.7 Å². The molecule has 0 spiro atoms. The van der Waals surface area contributed by atoms with Crippen LogP contribution in [0.2, 0.25) is 0 Å². The summed E-state index contributed by atoms with van der Waals surface area (Å²) in [5.74, 6) is 2.25. The van der Waals surface area contributed by atoms with Gasteiger partial charge < -0.3 is 4.42 Å². The van der Waals surface area contributed by atoms with E-state index in [0.717, 1.165) is 31.4 Å². The van der Waals surface area contributed by atoms with Gasteiger partial charge >= 0.3 is 0 Å². The molecule has 0 amide bonds. The van der Waals surface area contributed by atoms with E-state index in [1.54, 1.807) is 0 Å². The molecule has 0 radical (unpaired) electrons. The van der Waals surface area contributed by atoms with Crippen LogP contribution in [0.15, 0.2) is 34.7 Å². The Kier molecular flexibility index (Phi) is 4.65. The first-order valence-corrected chi connectivity index (χ1v) is 7.85. The zero-order valence-corrected chi connectivity index (χ0v) is 12.7. The number of aryl methyl sites for hydroxylation is 2. The van der Waals surface area contributed by atoms with Crippen molar-refractivity contribution >= 4 is 0 Å². The second-order valence-electron chi connectivity index (χ2n) is 5.96. The number of rotatable bonds is 5. The zero-order chi connectivity index (χ0) is 14.5. The number of likely N-dealkylation sites (tertiary alicyclic amines) is 1. The molecule has 21 heavy (non-hydrogen) atoms. The van der Waals surface area contributed by atoms with E-state index < -0.39 is 0 Å².